The predicted molar refractivity (Wildman–Crippen MR) is 54.2 cm³/mol. The molecular formula is C9H19NO2S. The van der Waals surface area contributed by atoms with Crippen molar-refractivity contribution in [1.82, 2.24) is 0 Å². The number of hydrogen-bond acceptors (Lipinski definition) is 3. The lowest BCUT2D eigenvalue weighted by Crippen LogP contribution is -2.28. The molecule has 3 nitrogen and oxygen atoms in total. The van der Waals surface area contributed by atoms with Crippen LogP contribution in [-0.4, -0.2) is 27.0 Å². The number of hydrogen-bond donors (Lipinski definition) is 1. The summed E-state index contributed by atoms with van der Waals surface area (Å²) in [6, 6.07) is 0. The maximum Gasteiger partial charge on any atom is 0.147 e. The standard InChI is InChI=1S/C9H19NO2S/c1-13(11,12)7-9(6-10)8-4-2-3-5-8/h8-9H,2-7,10H2,1H3. The summed E-state index contributed by atoms with van der Waals surface area (Å²) in [5.74, 6) is 1.02. The van der Waals surface area contributed by atoms with Gasteiger partial charge in [0, 0.05) is 6.26 Å². The van der Waals surface area contributed by atoms with Crippen molar-refractivity contribution in [2.24, 2.45) is 17.6 Å². The van der Waals surface area contributed by atoms with Crippen molar-refractivity contribution < 1.29 is 8.42 Å². The molecule has 1 aliphatic rings. The van der Waals surface area contributed by atoms with E-state index in [1.807, 2.05) is 0 Å². The van der Waals surface area contributed by atoms with Gasteiger partial charge in [-0.1, -0.05) is 25.7 Å². The van der Waals surface area contributed by atoms with Gasteiger partial charge < -0.3 is 5.73 Å². The Morgan fingerprint density at radius 2 is 1.92 bits per heavy atom. The summed E-state index contributed by atoms with van der Waals surface area (Å²) in [4.78, 5) is 0. The lowest BCUT2D eigenvalue weighted by molar-refractivity contribution is 0.375. The first-order valence-electron chi connectivity index (χ1n) is 4.90. The maximum atomic E-state index is 11.1. The van der Waals surface area contributed by atoms with Crippen LogP contribution >= 0.6 is 0 Å². The van der Waals surface area contributed by atoms with Crippen molar-refractivity contribution >= 4 is 9.84 Å². The molecule has 1 atom stereocenters. The third-order valence-corrected chi connectivity index (χ3v) is 3.92. The van der Waals surface area contributed by atoms with E-state index in [1.165, 1.54) is 19.1 Å². The normalized spacial score (nSPS) is 22.0. The van der Waals surface area contributed by atoms with Crippen LogP contribution in [0.3, 0.4) is 0 Å². The first-order chi connectivity index (χ1) is 6.03. The van der Waals surface area contributed by atoms with Gasteiger partial charge in [-0.15, -0.1) is 0 Å². The van der Waals surface area contributed by atoms with Gasteiger partial charge in [-0.3, -0.25) is 0 Å². The van der Waals surface area contributed by atoms with Crippen molar-refractivity contribution in [3.8, 4) is 0 Å². The average molecular weight is 205 g/mol. The molecule has 0 heterocycles. The third kappa shape index (κ3) is 3.65. The molecule has 0 aromatic heterocycles. The summed E-state index contributed by atoms with van der Waals surface area (Å²) in [5.41, 5.74) is 5.60. The van der Waals surface area contributed by atoms with Crippen molar-refractivity contribution in [2.75, 3.05) is 18.6 Å². The van der Waals surface area contributed by atoms with Crippen LogP contribution in [-0.2, 0) is 9.84 Å². The van der Waals surface area contributed by atoms with E-state index < -0.39 is 9.84 Å². The van der Waals surface area contributed by atoms with Gasteiger partial charge in [-0.05, 0) is 18.4 Å². The fraction of sp³-hybridized carbons (Fsp3) is 1.00. The highest BCUT2D eigenvalue weighted by atomic mass is 32.2. The van der Waals surface area contributed by atoms with Gasteiger partial charge in [-0.25, -0.2) is 8.42 Å². The van der Waals surface area contributed by atoms with E-state index in [0.717, 1.165) is 12.8 Å². The fourth-order valence-corrected chi connectivity index (χ4v) is 3.40. The molecule has 0 aromatic carbocycles. The largest absolute Gasteiger partial charge is 0.330 e. The molecular weight excluding hydrogens is 186 g/mol. The summed E-state index contributed by atoms with van der Waals surface area (Å²) >= 11 is 0. The smallest absolute Gasteiger partial charge is 0.147 e. The van der Waals surface area contributed by atoms with E-state index in [9.17, 15) is 8.42 Å². The second-order valence-electron chi connectivity index (χ2n) is 4.13. The van der Waals surface area contributed by atoms with Crippen LogP contribution in [0.5, 0.6) is 0 Å². The third-order valence-electron chi connectivity index (χ3n) is 2.89. The Kier molecular flexibility index (Phi) is 3.74. The van der Waals surface area contributed by atoms with Gasteiger partial charge in [0.05, 0.1) is 5.75 Å². The Labute approximate surface area is 80.6 Å². The lowest BCUT2D eigenvalue weighted by Gasteiger charge is -2.20. The fourth-order valence-electron chi connectivity index (χ4n) is 2.21. The van der Waals surface area contributed by atoms with Gasteiger partial charge in [0.2, 0.25) is 0 Å². The van der Waals surface area contributed by atoms with Crippen molar-refractivity contribution in [3.63, 3.8) is 0 Å². The summed E-state index contributed by atoms with van der Waals surface area (Å²) in [5, 5.41) is 0. The minimum Gasteiger partial charge on any atom is -0.330 e. The second kappa shape index (κ2) is 4.42. The molecule has 4 heteroatoms. The SMILES string of the molecule is CS(=O)(=O)CC(CN)C1CCCC1. The van der Waals surface area contributed by atoms with Crippen LogP contribution < -0.4 is 5.73 Å². The Bertz CT molecular complexity index is 242. The second-order valence-corrected chi connectivity index (χ2v) is 6.32. The van der Waals surface area contributed by atoms with Crippen LogP contribution in [0, 0.1) is 11.8 Å². The highest BCUT2D eigenvalue weighted by Crippen LogP contribution is 2.31. The minimum atomic E-state index is -2.85. The molecule has 13 heavy (non-hydrogen) atoms. The van der Waals surface area contributed by atoms with E-state index in [2.05, 4.69) is 0 Å². The Hall–Kier alpha value is -0.0900. The molecule has 0 aliphatic heterocycles. The zero-order valence-corrected chi connectivity index (χ0v) is 9.02. The van der Waals surface area contributed by atoms with Crippen LogP contribution in [0.1, 0.15) is 25.7 Å². The average Bonchev–Trinajstić information content (AvgIpc) is 2.50. The predicted octanol–water partition coefficient (Wildman–Crippen LogP) is 0.796. The molecule has 1 saturated carbocycles. The highest BCUT2D eigenvalue weighted by molar-refractivity contribution is 7.90. The molecule has 0 amide bonds. The molecule has 78 valence electrons. The first kappa shape index (κ1) is 11.0. The van der Waals surface area contributed by atoms with Crippen LogP contribution in [0.25, 0.3) is 0 Å². The lowest BCUT2D eigenvalue weighted by atomic mass is 9.93. The van der Waals surface area contributed by atoms with Gasteiger partial charge in [-0.2, -0.15) is 0 Å². The zero-order chi connectivity index (χ0) is 9.90. The van der Waals surface area contributed by atoms with E-state index in [-0.39, 0.29) is 11.7 Å². The summed E-state index contributed by atoms with van der Waals surface area (Å²) in [6.45, 7) is 0.512. The molecule has 1 rings (SSSR count). The molecule has 1 unspecified atom stereocenters. The number of nitrogens with two attached hydrogens (primary N) is 1. The molecule has 2 N–H and O–H groups in total. The van der Waals surface area contributed by atoms with Crippen LogP contribution in [0.2, 0.25) is 0 Å². The molecule has 0 saturated heterocycles. The summed E-state index contributed by atoms with van der Waals surface area (Å²) in [7, 11) is -2.85. The molecule has 0 spiro atoms. The quantitative estimate of drug-likeness (QED) is 0.738. The zero-order valence-electron chi connectivity index (χ0n) is 8.20. The Morgan fingerprint density at radius 1 is 1.38 bits per heavy atom. The van der Waals surface area contributed by atoms with Gasteiger partial charge in [0.1, 0.15) is 9.84 Å². The molecule has 0 aromatic rings. The monoisotopic (exact) mass is 205 g/mol. The van der Waals surface area contributed by atoms with E-state index in [1.54, 1.807) is 0 Å². The van der Waals surface area contributed by atoms with Gasteiger partial charge >= 0.3 is 0 Å². The van der Waals surface area contributed by atoms with E-state index in [4.69, 9.17) is 5.73 Å². The highest BCUT2D eigenvalue weighted by Gasteiger charge is 2.26. The minimum absolute atomic E-state index is 0.192. The van der Waals surface area contributed by atoms with Crippen molar-refractivity contribution in [3.05, 3.63) is 0 Å². The number of sulfone groups is 1. The van der Waals surface area contributed by atoms with E-state index >= 15 is 0 Å². The maximum absolute atomic E-state index is 11.1. The first-order valence-corrected chi connectivity index (χ1v) is 6.97. The van der Waals surface area contributed by atoms with Crippen molar-refractivity contribution in [2.45, 2.75) is 25.7 Å². The van der Waals surface area contributed by atoms with Crippen LogP contribution in [0.4, 0.5) is 0 Å². The Morgan fingerprint density at radius 3 is 2.31 bits per heavy atom. The molecule has 0 radical (unpaired) electrons. The number of rotatable bonds is 4. The van der Waals surface area contributed by atoms with Crippen LogP contribution in [0.15, 0.2) is 0 Å². The summed E-state index contributed by atoms with van der Waals surface area (Å²) in [6.07, 6.45) is 6.11. The molecule has 1 aliphatic carbocycles. The van der Waals surface area contributed by atoms with E-state index in [0.29, 0.717) is 12.5 Å². The van der Waals surface area contributed by atoms with Crippen molar-refractivity contribution in [1.29, 1.82) is 0 Å². The summed E-state index contributed by atoms with van der Waals surface area (Å²) < 4.78 is 22.2. The molecule has 0 bridgehead atoms. The van der Waals surface area contributed by atoms with Gasteiger partial charge in [0.25, 0.3) is 0 Å². The van der Waals surface area contributed by atoms with Gasteiger partial charge in [0.15, 0.2) is 0 Å². The Balaban J connectivity index is 2.51. The molecule has 1 fully saturated rings. The topological polar surface area (TPSA) is 60.2 Å².